The number of hydrogen-bond donors (Lipinski definition) is 0. The third kappa shape index (κ3) is 2.04. The second-order valence-corrected chi connectivity index (χ2v) is 4.97. The van der Waals surface area contributed by atoms with Crippen LogP contribution in [0.4, 0.5) is 0 Å². The number of nitrogens with zero attached hydrogens (tertiary/aromatic N) is 2. The first-order valence-corrected chi connectivity index (χ1v) is 6.56. The van der Waals surface area contributed by atoms with Crippen molar-refractivity contribution in [2.45, 2.75) is 18.9 Å². The van der Waals surface area contributed by atoms with Crippen molar-refractivity contribution in [1.29, 1.82) is 0 Å². The first kappa shape index (κ1) is 11.4. The van der Waals surface area contributed by atoms with Gasteiger partial charge in [0.05, 0.1) is 0 Å². The fourth-order valence-electron chi connectivity index (χ4n) is 2.86. The standard InChI is InChI=1S/C16H18N2/c1-18-11-5-8-16(18)15-12-17-10-9-14(15)13-6-3-2-4-7-13/h2-4,6-7,9-10,12,16H,5,8,11H2,1H3. The van der Waals surface area contributed by atoms with Crippen molar-refractivity contribution < 1.29 is 0 Å². The first-order valence-electron chi connectivity index (χ1n) is 6.56. The molecule has 0 radical (unpaired) electrons. The molecule has 3 rings (SSSR count). The summed E-state index contributed by atoms with van der Waals surface area (Å²) in [5, 5.41) is 0. The van der Waals surface area contributed by atoms with Crippen molar-refractivity contribution in [3.63, 3.8) is 0 Å². The Morgan fingerprint density at radius 1 is 1.17 bits per heavy atom. The maximum atomic E-state index is 4.32. The SMILES string of the molecule is CN1CCCC1c1cnccc1-c1ccccc1. The highest BCUT2D eigenvalue weighted by Crippen LogP contribution is 2.35. The molecule has 1 aromatic heterocycles. The zero-order valence-electron chi connectivity index (χ0n) is 10.7. The molecule has 2 heterocycles. The van der Waals surface area contributed by atoms with Crippen LogP contribution in [0.2, 0.25) is 0 Å². The maximum absolute atomic E-state index is 4.32. The van der Waals surface area contributed by atoms with Crippen molar-refractivity contribution >= 4 is 0 Å². The Kier molecular flexibility index (Phi) is 3.11. The van der Waals surface area contributed by atoms with Gasteiger partial charge in [-0.25, -0.2) is 0 Å². The summed E-state index contributed by atoms with van der Waals surface area (Å²) < 4.78 is 0. The Bertz CT molecular complexity index is 522. The Balaban J connectivity index is 2.05. The highest BCUT2D eigenvalue weighted by molar-refractivity contribution is 5.67. The molecular formula is C16H18N2. The molecule has 0 aliphatic carbocycles. The van der Waals surface area contributed by atoms with Crippen molar-refractivity contribution in [2.24, 2.45) is 0 Å². The van der Waals surface area contributed by atoms with Crippen LogP contribution in [0.25, 0.3) is 11.1 Å². The second-order valence-electron chi connectivity index (χ2n) is 4.97. The molecule has 0 amide bonds. The quantitative estimate of drug-likeness (QED) is 0.796. The summed E-state index contributed by atoms with van der Waals surface area (Å²) in [6, 6.07) is 13.3. The summed E-state index contributed by atoms with van der Waals surface area (Å²) >= 11 is 0. The van der Waals surface area contributed by atoms with Crippen LogP contribution >= 0.6 is 0 Å². The van der Waals surface area contributed by atoms with Crippen LogP contribution in [0.3, 0.4) is 0 Å². The van der Waals surface area contributed by atoms with E-state index in [0.29, 0.717) is 6.04 Å². The van der Waals surface area contributed by atoms with Gasteiger partial charge in [0.2, 0.25) is 0 Å². The summed E-state index contributed by atoms with van der Waals surface area (Å²) in [6.45, 7) is 1.19. The molecule has 0 saturated carbocycles. The molecule has 1 aliphatic heterocycles. The van der Waals surface area contributed by atoms with Gasteiger partial charge in [0.15, 0.2) is 0 Å². The average Bonchev–Trinajstić information content (AvgIpc) is 2.86. The molecule has 2 nitrogen and oxygen atoms in total. The van der Waals surface area contributed by atoms with E-state index in [9.17, 15) is 0 Å². The summed E-state index contributed by atoms with van der Waals surface area (Å²) in [4.78, 5) is 6.76. The van der Waals surface area contributed by atoms with Crippen molar-refractivity contribution in [3.8, 4) is 11.1 Å². The van der Waals surface area contributed by atoms with Crippen molar-refractivity contribution in [2.75, 3.05) is 13.6 Å². The fraction of sp³-hybridized carbons (Fsp3) is 0.312. The molecule has 0 N–H and O–H groups in total. The minimum absolute atomic E-state index is 0.522. The van der Waals surface area contributed by atoms with E-state index >= 15 is 0 Å². The van der Waals surface area contributed by atoms with Gasteiger partial charge in [-0.3, -0.25) is 9.88 Å². The van der Waals surface area contributed by atoms with Crippen LogP contribution in [-0.2, 0) is 0 Å². The minimum Gasteiger partial charge on any atom is -0.299 e. The van der Waals surface area contributed by atoms with Crippen molar-refractivity contribution in [3.05, 3.63) is 54.4 Å². The molecule has 1 fully saturated rings. The van der Waals surface area contributed by atoms with Crippen LogP contribution in [0, 0.1) is 0 Å². The Hall–Kier alpha value is -1.67. The lowest BCUT2D eigenvalue weighted by molar-refractivity contribution is 0.317. The average molecular weight is 238 g/mol. The van der Waals surface area contributed by atoms with Crippen LogP contribution in [-0.4, -0.2) is 23.5 Å². The van der Waals surface area contributed by atoms with Gasteiger partial charge < -0.3 is 0 Å². The molecule has 18 heavy (non-hydrogen) atoms. The lowest BCUT2D eigenvalue weighted by atomic mass is 9.96. The largest absolute Gasteiger partial charge is 0.299 e. The normalized spacial score (nSPS) is 20.2. The number of pyridine rings is 1. The van der Waals surface area contributed by atoms with Crippen LogP contribution in [0.15, 0.2) is 48.8 Å². The Morgan fingerprint density at radius 2 is 2.00 bits per heavy atom. The number of rotatable bonds is 2. The van der Waals surface area contributed by atoms with E-state index in [1.165, 1.54) is 36.1 Å². The lowest BCUT2D eigenvalue weighted by Crippen LogP contribution is -2.18. The zero-order valence-corrected chi connectivity index (χ0v) is 10.7. The fourth-order valence-corrected chi connectivity index (χ4v) is 2.86. The highest BCUT2D eigenvalue weighted by Gasteiger charge is 2.25. The Labute approximate surface area is 108 Å². The topological polar surface area (TPSA) is 16.1 Å². The molecule has 2 heteroatoms. The summed E-state index contributed by atoms with van der Waals surface area (Å²) in [5.41, 5.74) is 3.98. The molecule has 0 spiro atoms. The summed E-state index contributed by atoms with van der Waals surface area (Å²) in [6.07, 6.45) is 6.45. The van der Waals surface area contributed by atoms with Crippen LogP contribution in [0.5, 0.6) is 0 Å². The number of benzene rings is 1. The molecule has 1 atom stereocenters. The van der Waals surface area contributed by atoms with Crippen molar-refractivity contribution in [1.82, 2.24) is 9.88 Å². The van der Waals surface area contributed by atoms with Gasteiger partial charge in [-0.1, -0.05) is 30.3 Å². The number of hydrogen-bond acceptors (Lipinski definition) is 2. The zero-order chi connectivity index (χ0) is 12.4. The van der Waals surface area contributed by atoms with Gasteiger partial charge in [0, 0.05) is 18.4 Å². The van der Waals surface area contributed by atoms with Gasteiger partial charge in [0.25, 0.3) is 0 Å². The monoisotopic (exact) mass is 238 g/mol. The predicted octanol–water partition coefficient (Wildman–Crippen LogP) is 3.52. The number of aromatic nitrogens is 1. The van der Waals surface area contributed by atoms with E-state index < -0.39 is 0 Å². The van der Waals surface area contributed by atoms with E-state index in [1.807, 2.05) is 12.4 Å². The lowest BCUT2D eigenvalue weighted by Gasteiger charge is -2.22. The summed E-state index contributed by atoms with van der Waals surface area (Å²) in [7, 11) is 2.21. The molecule has 1 saturated heterocycles. The van der Waals surface area contributed by atoms with Crippen LogP contribution in [0.1, 0.15) is 24.4 Å². The molecule has 1 aromatic carbocycles. The molecule has 1 unspecified atom stereocenters. The van der Waals surface area contributed by atoms with E-state index in [4.69, 9.17) is 0 Å². The summed E-state index contributed by atoms with van der Waals surface area (Å²) in [5.74, 6) is 0. The van der Waals surface area contributed by atoms with E-state index in [0.717, 1.165) is 0 Å². The third-order valence-electron chi connectivity index (χ3n) is 3.82. The minimum atomic E-state index is 0.522. The second kappa shape index (κ2) is 4.91. The van der Waals surface area contributed by atoms with E-state index in [1.54, 1.807) is 0 Å². The molecule has 0 bridgehead atoms. The van der Waals surface area contributed by atoms with E-state index in [2.05, 4.69) is 53.3 Å². The highest BCUT2D eigenvalue weighted by atomic mass is 15.1. The third-order valence-corrected chi connectivity index (χ3v) is 3.82. The van der Waals surface area contributed by atoms with E-state index in [-0.39, 0.29) is 0 Å². The predicted molar refractivity (Wildman–Crippen MR) is 74.3 cm³/mol. The molecular weight excluding hydrogens is 220 g/mol. The molecule has 1 aliphatic rings. The molecule has 92 valence electrons. The number of likely N-dealkylation sites (tertiary alicyclic amines) is 1. The Morgan fingerprint density at radius 3 is 2.72 bits per heavy atom. The van der Waals surface area contributed by atoms with Gasteiger partial charge in [-0.05, 0) is 49.2 Å². The van der Waals surface area contributed by atoms with Crippen LogP contribution < -0.4 is 0 Å². The van der Waals surface area contributed by atoms with Gasteiger partial charge in [-0.15, -0.1) is 0 Å². The first-order chi connectivity index (χ1) is 8.86. The van der Waals surface area contributed by atoms with Gasteiger partial charge >= 0.3 is 0 Å². The van der Waals surface area contributed by atoms with Gasteiger partial charge in [0.1, 0.15) is 0 Å². The molecule has 2 aromatic rings. The van der Waals surface area contributed by atoms with Gasteiger partial charge in [-0.2, -0.15) is 0 Å². The maximum Gasteiger partial charge on any atom is 0.0366 e. The smallest absolute Gasteiger partial charge is 0.0366 e.